The Bertz CT molecular complexity index is 392. The number of hydrogen-bond donors (Lipinski definition) is 2. The van der Waals surface area contributed by atoms with Crippen molar-refractivity contribution in [3.05, 3.63) is 20.2 Å². The lowest BCUT2D eigenvalue weighted by Gasteiger charge is -2.05. The SMILES string of the molecule is Cc1[nH]c(=O)sc1C(=O)NCCC(C)C. The van der Waals surface area contributed by atoms with Gasteiger partial charge in [0.1, 0.15) is 4.88 Å². The summed E-state index contributed by atoms with van der Waals surface area (Å²) >= 11 is 0.958. The van der Waals surface area contributed by atoms with Crippen molar-refractivity contribution in [2.75, 3.05) is 6.54 Å². The van der Waals surface area contributed by atoms with E-state index in [9.17, 15) is 9.59 Å². The van der Waals surface area contributed by atoms with Crippen LogP contribution in [0.2, 0.25) is 0 Å². The first-order chi connectivity index (χ1) is 7.00. The van der Waals surface area contributed by atoms with Crippen LogP contribution < -0.4 is 10.2 Å². The maximum atomic E-state index is 11.6. The third-order valence-corrected chi connectivity index (χ3v) is 3.02. The van der Waals surface area contributed by atoms with E-state index in [0.717, 1.165) is 17.8 Å². The maximum absolute atomic E-state index is 11.6. The number of aromatic nitrogens is 1. The predicted octanol–water partition coefficient (Wildman–Crippen LogP) is 1.52. The zero-order chi connectivity index (χ0) is 11.4. The summed E-state index contributed by atoms with van der Waals surface area (Å²) in [6, 6.07) is 0. The van der Waals surface area contributed by atoms with Gasteiger partial charge in [-0.1, -0.05) is 25.2 Å². The maximum Gasteiger partial charge on any atom is 0.305 e. The molecule has 0 bridgehead atoms. The average Bonchev–Trinajstić information content (AvgIpc) is 2.44. The van der Waals surface area contributed by atoms with Crippen LogP contribution in [0, 0.1) is 12.8 Å². The van der Waals surface area contributed by atoms with Gasteiger partial charge in [-0.25, -0.2) is 0 Å². The van der Waals surface area contributed by atoms with Crippen molar-refractivity contribution in [2.45, 2.75) is 27.2 Å². The summed E-state index contributed by atoms with van der Waals surface area (Å²) in [5.41, 5.74) is 0.645. The molecule has 4 nitrogen and oxygen atoms in total. The smallest absolute Gasteiger partial charge is 0.305 e. The summed E-state index contributed by atoms with van der Waals surface area (Å²) in [5, 5.41) is 2.80. The number of amides is 1. The minimum absolute atomic E-state index is 0.156. The first-order valence-electron chi connectivity index (χ1n) is 4.98. The Balaban J connectivity index is 2.54. The molecule has 1 rings (SSSR count). The van der Waals surface area contributed by atoms with Gasteiger partial charge in [-0.15, -0.1) is 0 Å². The third-order valence-electron chi connectivity index (χ3n) is 2.04. The molecule has 2 N–H and O–H groups in total. The molecule has 5 heteroatoms. The molecule has 0 aliphatic carbocycles. The van der Waals surface area contributed by atoms with Crippen molar-refractivity contribution in [3.8, 4) is 0 Å². The van der Waals surface area contributed by atoms with Crippen LogP contribution in [0.5, 0.6) is 0 Å². The highest BCUT2D eigenvalue weighted by atomic mass is 32.1. The van der Waals surface area contributed by atoms with Gasteiger partial charge in [0.2, 0.25) is 0 Å². The zero-order valence-electron chi connectivity index (χ0n) is 9.22. The van der Waals surface area contributed by atoms with Crippen LogP contribution in [-0.2, 0) is 0 Å². The summed E-state index contributed by atoms with van der Waals surface area (Å²) in [4.78, 5) is 25.5. The van der Waals surface area contributed by atoms with E-state index >= 15 is 0 Å². The number of carbonyl (C=O) groups excluding carboxylic acids is 1. The quantitative estimate of drug-likeness (QED) is 0.820. The van der Waals surface area contributed by atoms with Crippen molar-refractivity contribution >= 4 is 17.2 Å². The predicted molar refractivity (Wildman–Crippen MR) is 61.5 cm³/mol. The van der Waals surface area contributed by atoms with Crippen molar-refractivity contribution in [1.82, 2.24) is 10.3 Å². The molecule has 0 saturated carbocycles. The highest BCUT2D eigenvalue weighted by Crippen LogP contribution is 2.07. The van der Waals surface area contributed by atoms with E-state index in [1.54, 1.807) is 6.92 Å². The molecule has 1 aromatic rings. The van der Waals surface area contributed by atoms with Gasteiger partial charge in [-0.2, -0.15) is 0 Å². The molecule has 0 atom stereocenters. The number of aryl methyl sites for hydroxylation is 1. The summed E-state index contributed by atoms with van der Waals surface area (Å²) in [7, 11) is 0. The molecule has 0 saturated heterocycles. The standard InChI is InChI=1S/C10H16N2O2S/c1-6(2)4-5-11-9(13)8-7(3)12-10(14)15-8/h6H,4-5H2,1-3H3,(H,11,13)(H,12,14). The average molecular weight is 228 g/mol. The van der Waals surface area contributed by atoms with Gasteiger partial charge in [0, 0.05) is 12.2 Å². The summed E-state index contributed by atoms with van der Waals surface area (Å²) in [6.07, 6.45) is 0.949. The number of nitrogens with one attached hydrogen (secondary N) is 2. The van der Waals surface area contributed by atoms with Gasteiger partial charge in [0.25, 0.3) is 5.91 Å². The molecule has 1 amide bonds. The van der Waals surface area contributed by atoms with E-state index < -0.39 is 0 Å². The topological polar surface area (TPSA) is 62.0 Å². The van der Waals surface area contributed by atoms with E-state index in [1.807, 2.05) is 0 Å². The molecule has 0 spiro atoms. The van der Waals surface area contributed by atoms with E-state index in [-0.39, 0.29) is 10.8 Å². The molecule has 84 valence electrons. The van der Waals surface area contributed by atoms with Gasteiger partial charge in [0.05, 0.1) is 0 Å². The lowest BCUT2D eigenvalue weighted by atomic mass is 10.1. The Morgan fingerprint density at radius 3 is 2.67 bits per heavy atom. The number of carbonyl (C=O) groups is 1. The van der Waals surface area contributed by atoms with Gasteiger partial charge < -0.3 is 10.3 Å². The molecular weight excluding hydrogens is 212 g/mol. The number of rotatable bonds is 4. The highest BCUT2D eigenvalue weighted by molar-refractivity contribution is 7.11. The fourth-order valence-electron chi connectivity index (χ4n) is 1.18. The van der Waals surface area contributed by atoms with E-state index in [2.05, 4.69) is 24.1 Å². The van der Waals surface area contributed by atoms with Crippen LogP contribution in [0.1, 0.15) is 35.6 Å². The molecule has 0 unspecified atom stereocenters. The molecule has 1 heterocycles. The van der Waals surface area contributed by atoms with Gasteiger partial charge in [0.15, 0.2) is 0 Å². The van der Waals surface area contributed by atoms with E-state index in [1.165, 1.54) is 0 Å². The normalized spacial score (nSPS) is 10.7. The second-order valence-corrected chi connectivity index (χ2v) is 4.89. The Kier molecular flexibility index (Phi) is 4.08. The molecule has 0 aromatic carbocycles. The lowest BCUT2D eigenvalue weighted by Crippen LogP contribution is -2.25. The van der Waals surface area contributed by atoms with Crippen LogP contribution in [0.15, 0.2) is 4.79 Å². The van der Waals surface area contributed by atoms with Crippen LogP contribution in [-0.4, -0.2) is 17.4 Å². The first-order valence-corrected chi connectivity index (χ1v) is 5.80. The van der Waals surface area contributed by atoms with Gasteiger partial charge in [-0.05, 0) is 19.3 Å². The minimum Gasteiger partial charge on any atom is -0.351 e. The lowest BCUT2D eigenvalue weighted by molar-refractivity contribution is 0.0955. The summed E-state index contributed by atoms with van der Waals surface area (Å²) < 4.78 is 0. The summed E-state index contributed by atoms with van der Waals surface area (Å²) in [6.45, 7) is 6.59. The number of H-pyrrole nitrogens is 1. The Morgan fingerprint density at radius 2 is 2.20 bits per heavy atom. The third kappa shape index (κ3) is 3.51. The number of aromatic amines is 1. The largest absolute Gasteiger partial charge is 0.351 e. The second-order valence-electron chi connectivity index (χ2n) is 3.91. The fourth-order valence-corrected chi connectivity index (χ4v) is 1.93. The van der Waals surface area contributed by atoms with Gasteiger partial charge >= 0.3 is 4.87 Å². The van der Waals surface area contributed by atoms with Crippen molar-refractivity contribution in [2.24, 2.45) is 5.92 Å². The van der Waals surface area contributed by atoms with E-state index in [4.69, 9.17) is 0 Å². The van der Waals surface area contributed by atoms with E-state index in [0.29, 0.717) is 23.0 Å². The number of thiazole rings is 1. The highest BCUT2D eigenvalue weighted by Gasteiger charge is 2.12. The molecule has 0 aliphatic rings. The second kappa shape index (κ2) is 5.11. The molecule has 0 fully saturated rings. The molecular formula is C10H16N2O2S. The van der Waals surface area contributed by atoms with Crippen LogP contribution in [0.25, 0.3) is 0 Å². The van der Waals surface area contributed by atoms with Gasteiger partial charge in [-0.3, -0.25) is 9.59 Å². The molecule has 0 aliphatic heterocycles. The summed E-state index contributed by atoms with van der Waals surface area (Å²) in [5.74, 6) is 0.410. The van der Waals surface area contributed by atoms with Crippen molar-refractivity contribution in [1.29, 1.82) is 0 Å². The Morgan fingerprint density at radius 1 is 1.53 bits per heavy atom. The van der Waals surface area contributed by atoms with Crippen molar-refractivity contribution in [3.63, 3.8) is 0 Å². The molecule has 1 aromatic heterocycles. The fraction of sp³-hybridized carbons (Fsp3) is 0.600. The number of hydrogen-bond acceptors (Lipinski definition) is 3. The molecule has 0 radical (unpaired) electrons. The van der Waals surface area contributed by atoms with Crippen LogP contribution in [0.4, 0.5) is 0 Å². The first kappa shape index (κ1) is 12.0. The van der Waals surface area contributed by atoms with Crippen molar-refractivity contribution < 1.29 is 4.79 Å². The Labute approximate surface area is 92.7 Å². The molecule has 15 heavy (non-hydrogen) atoms. The minimum atomic E-state index is -0.179. The van der Waals surface area contributed by atoms with Crippen LogP contribution >= 0.6 is 11.3 Å². The monoisotopic (exact) mass is 228 g/mol. The zero-order valence-corrected chi connectivity index (χ0v) is 10.0. The Hall–Kier alpha value is -1.10. The van der Waals surface area contributed by atoms with Crippen LogP contribution in [0.3, 0.4) is 0 Å².